The largest absolute Gasteiger partial charge is 0.549 e. The molecule has 0 fully saturated rings. The minimum absolute atomic E-state index is 0.903. The molecule has 0 bridgehead atoms. The van der Waals surface area contributed by atoms with Gasteiger partial charge in [-0.25, -0.2) is 0 Å². The van der Waals surface area contributed by atoms with Crippen molar-refractivity contribution in [2.24, 2.45) is 5.92 Å². The van der Waals surface area contributed by atoms with Crippen LogP contribution in [-0.2, 0) is 14.3 Å². The third-order valence-electron chi connectivity index (χ3n) is 0.912. The van der Waals surface area contributed by atoms with Crippen molar-refractivity contribution in [1.29, 1.82) is 0 Å². The molecule has 1 unspecified atom stereocenters. The van der Waals surface area contributed by atoms with Gasteiger partial charge in [0, 0.05) is 0 Å². The van der Waals surface area contributed by atoms with Crippen LogP contribution >= 0.6 is 0 Å². The fourth-order valence-electron chi connectivity index (χ4n) is 0.286. The Labute approximate surface area is 60.8 Å². The third kappa shape index (κ3) is 3.49. The van der Waals surface area contributed by atoms with Crippen LogP contribution < -0.4 is 5.11 Å². The number of halogens is 2. The normalized spacial score (nSPS) is 12.7. The maximum Gasteiger partial charge on any atom is 0.389 e. The third-order valence-corrected chi connectivity index (χ3v) is 0.912. The molecule has 0 amide bonds. The van der Waals surface area contributed by atoms with Crippen molar-refractivity contribution in [2.75, 3.05) is 0 Å². The standard InChI is InChI=1S/C5H6F2O4/c1-2(3(8)9)4(10)11-5(6)7/h2,5H,1H3,(H,8,9)/p-1. The van der Waals surface area contributed by atoms with Crippen molar-refractivity contribution >= 4 is 11.9 Å². The molecule has 0 saturated heterocycles. The van der Waals surface area contributed by atoms with Crippen molar-refractivity contribution < 1.29 is 28.2 Å². The van der Waals surface area contributed by atoms with E-state index in [-0.39, 0.29) is 0 Å². The van der Waals surface area contributed by atoms with Crippen LogP contribution in [0.15, 0.2) is 0 Å². The fourth-order valence-corrected chi connectivity index (χ4v) is 0.286. The number of carboxylic acid groups (broad SMARTS) is 1. The summed E-state index contributed by atoms with van der Waals surface area (Å²) in [6, 6.07) is 0. The molecule has 64 valence electrons. The molecule has 0 aliphatic carbocycles. The summed E-state index contributed by atoms with van der Waals surface area (Å²) in [6.45, 7) is -2.38. The SMILES string of the molecule is CC(C(=O)[O-])C(=O)OC(F)F. The lowest BCUT2D eigenvalue weighted by Gasteiger charge is -2.10. The Morgan fingerprint density at radius 2 is 1.91 bits per heavy atom. The molecule has 0 aromatic heterocycles. The molecule has 0 N–H and O–H groups in total. The molecule has 0 heterocycles. The van der Waals surface area contributed by atoms with E-state index < -0.39 is 24.5 Å². The first-order valence-corrected chi connectivity index (χ1v) is 2.64. The number of aliphatic carboxylic acids is 1. The average molecular weight is 167 g/mol. The van der Waals surface area contributed by atoms with Crippen LogP contribution in [0.5, 0.6) is 0 Å². The molecule has 0 spiro atoms. The van der Waals surface area contributed by atoms with Crippen LogP contribution in [-0.4, -0.2) is 18.6 Å². The van der Waals surface area contributed by atoms with Crippen LogP contribution in [0.3, 0.4) is 0 Å². The van der Waals surface area contributed by atoms with E-state index in [1.807, 2.05) is 0 Å². The molecule has 0 aromatic rings. The number of hydrogen-bond donors (Lipinski definition) is 0. The van der Waals surface area contributed by atoms with Gasteiger partial charge in [-0.3, -0.25) is 4.79 Å². The number of rotatable bonds is 3. The number of ether oxygens (including phenoxy) is 1. The Kier molecular flexibility index (Phi) is 3.43. The number of carbonyl (C=O) groups is 2. The Morgan fingerprint density at radius 1 is 1.45 bits per heavy atom. The minimum Gasteiger partial charge on any atom is -0.549 e. The maximum absolute atomic E-state index is 11.3. The van der Waals surface area contributed by atoms with Gasteiger partial charge in [0.2, 0.25) is 0 Å². The summed E-state index contributed by atoms with van der Waals surface area (Å²) in [7, 11) is 0. The second-order valence-electron chi connectivity index (χ2n) is 1.74. The van der Waals surface area contributed by atoms with Crippen LogP contribution in [0.1, 0.15) is 6.92 Å². The first-order chi connectivity index (χ1) is 4.95. The smallest absolute Gasteiger partial charge is 0.389 e. The molecule has 0 aliphatic heterocycles. The number of alkyl halides is 2. The summed E-state index contributed by atoms with van der Waals surface area (Å²) >= 11 is 0. The molecule has 0 saturated carbocycles. The van der Waals surface area contributed by atoms with E-state index in [4.69, 9.17) is 0 Å². The molecular formula is C5H5F2O4-. The number of esters is 1. The van der Waals surface area contributed by atoms with Crippen LogP contribution in [0, 0.1) is 5.92 Å². The van der Waals surface area contributed by atoms with E-state index in [0.717, 1.165) is 6.92 Å². The highest BCUT2D eigenvalue weighted by Crippen LogP contribution is 2.02. The number of carboxylic acids is 1. The summed E-state index contributed by atoms with van der Waals surface area (Å²) in [6.07, 6.45) is 0. The molecule has 0 aromatic carbocycles. The zero-order valence-electron chi connectivity index (χ0n) is 5.54. The summed E-state index contributed by atoms with van der Waals surface area (Å²) in [5, 5.41) is 9.87. The van der Waals surface area contributed by atoms with E-state index in [1.54, 1.807) is 0 Å². The zero-order valence-corrected chi connectivity index (χ0v) is 5.54. The van der Waals surface area contributed by atoms with E-state index in [9.17, 15) is 23.5 Å². The molecule has 4 nitrogen and oxygen atoms in total. The monoisotopic (exact) mass is 167 g/mol. The van der Waals surface area contributed by atoms with Crippen molar-refractivity contribution in [1.82, 2.24) is 0 Å². The van der Waals surface area contributed by atoms with E-state index in [1.165, 1.54) is 0 Å². The second kappa shape index (κ2) is 3.85. The van der Waals surface area contributed by atoms with Crippen molar-refractivity contribution in [3.63, 3.8) is 0 Å². The summed E-state index contributed by atoms with van der Waals surface area (Å²) in [5.74, 6) is -4.90. The second-order valence-corrected chi connectivity index (χ2v) is 1.74. The van der Waals surface area contributed by atoms with Gasteiger partial charge < -0.3 is 14.6 Å². The lowest BCUT2D eigenvalue weighted by molar-refractivity contribution is -0.310. The molecule has 0 rings (SSSR count). The summed E-state index contributed by atoms with van der Waals surface area (Å²) < 4.78 is 25.8. The van der Waals surface area contributed by atoms with Gasteiger partial charge in [-0.05, 0) is 6.92 Å². The molecule has 0 radical (unpaired) electrons. The molecular weight excluding hydrogens is 162 g/mol. The van der Waals surface area contributed by atoms with Gasteiger partial charge in [0.05, 0.1) is 11.9 Å². The Morgan fingerprint density at radius 3 is 2.18 bits per heavy atom. The predicted octanol–water partition coefficient (Wildman–Crippen LogP) is -0.862. The molecule has 0 aliphatic rings. The topological polar surface area (TPSA) is 66.4 Å². The predicted molar refractivity (Wildman–Crippen MR) is 26.3 cm³/mol. The van der Waals surface area contributed by atoms with Crippen LogP contribution in [0.2, 0.25) is 0 Å². The highest BCUT2D eigenvalue weighted by molar-refractivity contribution is 5.92. The Bertz CT molecular complexity index is 168. The van der Waals surface area contributed by atoms with Gasteiger partial charge in [0.1, 0.15) is 0 Å². The van der Waals surface area contributed by atoms with Crippen molar-refractivity contribution in [3.05, 3.63) is 0 Å². The van der Waals surface area contributed by atoms with Crippen molar-refractivity contribution in [3.8, 4) is 0 Å². The van der Waals surface area contributed by atoms with Gasteiger partial charge in [0.15, 0.2) is 0 Å². The Hall–Kier alpha value is -1.20. The van der Waals surface area contributed by atoms with Crippen LogP contribution in [0.25, 0.3) is 0 Å². The molecule has 6 heteroatoms. The summed E-state index contributed by atoms with van der Waals surface area (Å²) in [4.78, 5) is 20.1. The molecule has 1 atom stereocenters. The van der Waals surface area contributed by atoms with Gasteiger partial charge in [-0.2, -0.15) is 8.78 Å². The minimum atomic E-state index is -3.29. The summed E-state index contributed by atoms with van der Waals surface area (Å²) in [5.41, 5.74) is 0. The van der Waals surface area contributed by atoms with Gasteiger partial charge in [-0.1, -0.05) is 0 Å². The van der Waals surface area contributed by atoms with E-state index in [0.29, 0.717) is 0 Å². The van der Waals surface area contributed by atoms with E-state index >= 15 is 0 Å². The van der Waals surface area contributed by atoms with Crippen molar-refractivity contribution in [2.45, 2.75) is 13.5 Å². The first-order valence-electron chi connectivity index (χ1n) is 2.64. The quantitative estimate of drug-likeness (QED) is 0.405. The maximum atomic E-state index is 11.3. The van der Waals surface area contributed by atoms with Gasteiger partial charge >= 0.3 is 12.6 Å². The zero-order chi connectivity index (χ0) is 9.02. The lowest BCUT2D eigenvalue weighted by atomic mass is 10.2. The number of carbonyl (C=O) groups excluding carboxylic acids is 2. The lowest BCUT2D eigenvalue weighted by Crippen LogP contribution is -2.35. The highest BCUT2D eigenvalue weighted by atomic mass is 19.3. The fraction of sp³-hybridized carbons (Fsp3) is 0.600. The highest BCUT2D eigenvalue weighted by Gasteiger charge is 2.19. The van der Waals surface area contributed by atoms with E-state index in [2.05, 4.69) is 4.74 Å². The van der Waals surface area contributed by atoms with Gasteiger partial charge in [-0.15, -0.1) is 0 Å². The van der Waals surface area contributed by atoms with Gasteiger partial charge in [0.25, 0.3) is 0 Å². The number of hydrogen-bond acceptors (Lipinski definition) is 4. The van der Waals surface area contributed by atoms with Crippen LogP contribution in [0.4, 0.5) is 8.78 Å². The molecule has 11 heavy (non-hydrogen) atoms. The first kappa shape index (κ1) is 9.80. The average Bonchev–Trinajstić information content (AvgIpc) is 1.84. The Balaban J connectivity index is 3.93.